The van der Waals surface area contributed by atoms with Crippen molar-refractivity contribution in [2.45, 2.75) is 32.7 Å². The Morgan fingerprint density at radius 2 is 1.88 bits per heavy atom. The van der Waals surface area contributed by atoms with Gasteiger partial charge in [0, 0.05) is 14.0 Å². The summed E-state index contributed by atoms with van der Waals surface area (Å²) in [5, 5.41) is 7.39. The first kappa shape index (κ1) is 14.4. The van der Waals surface area contributed by atoms with Crippen molar-refractivity contribution >= 4 is 17.7 Å². The molecule has 1 atom stereocenters. The molecule has 3 amide bonds. The van der Waals surface area contributed by atoms with Crippen molar-refractivity contribution in [2.24, 2.45) is 0 Å². The van der Waals surface area contributed by atoms with Gasteiger partial charge in [-0.25, -0.2) is 0 Å². The fourth-order valence-electron chi connectivity index (χ4n) is 1.18. The highest BCUT2D eigenvalue weighted by molar-refractivity contribution is 5.89. The highest BCUT2D eigenvalue weighted by Crippen LogP contribution is 1.96. The van der Waals surface area contributed by atoms with Crippen molar-refractivity contribution in [3.8, 4) is 0 Å². The van der Waals surface area contributed by atoms with Crippen LogP contribution in [0.4, 0.5) is 0 Å². The maximum absolute atomic E-state index is 11.6. The van der Waals surface area contributed by atoms with E-state index in [9.17, 15) is 14.4 Å². The third-order valence-electron chi connectivity index (χ3n) is 1.97. The van der Waals surface area contributed by atoms with E-state index in [1.165, 1.54) is 14.0 Å². The Hall–Kier alpha value is -1.59. The molecule has 0 fully saturated rings. The lowest BCUT2D eigenvalue weighted by Gasteiger charge is -2.16. The zero-order valence-electron chi connectivity index (χ0n) is 9.92. The van der Waals surface area contributed by atoms with Crippen LogP contribution in [-0.2, 0) is 14.4 Å². The molecule has 0 rings (SSSR count). The smallest absolute Gasteiger partial charge is 0.243 e. The van der Waals surface area contributed by atoms with E-state index in [0.717, 1.165) is 6.42 Å². The fourth-order valence-corrected chi connectivity index (χ4v) is 1.18. The first-order chi connectivity index (χ1) is 7.51. The van der Waals surface area contributed by atoms with Crippen molar-refractivity contribution in [3.05, 3.63) is 0 Å². The van der Waals surface area contributed by atoms with Gasteiger partial charge in [-0.1, -0.05) is 13.3 Å². The van der Waals surface area contributed by atoms with Crippen molar-refractivity contribution in [1.29, 1.82) is 0 Å². The van der Waals surface area contributed by atoms with Gasteiger partial charge < -0.3 is 16.0 Å². The van der Waals surface area contributed by atoms with E-state index < -0.39 is 6.04 Å². The molecule has 6 heteroatoms. The SMILES string of the molecule is CCC[C@H](NC(C)=O)C(=O)NCC(=O)NC. The zero-order valence-corrected chi connectivity index (χ0v) is 9.92. The maximum atomic E-state index is 11.6. The Kier molecular flexibility index (Phi) is 6.91. The third-order valence-corrected chi connectivity index (χ3v) is 1.97. The quantitative estimate of drug-likeness (QED) is 0.554. The second-order valence-electron chi connectivity index (χ2n) is 3.43. The second kappa shape index (κ2) is 7.67. The molecule has 0 radical (unpaired) electrons. The van der Waals surface area contributed by atoms with Crippen LogP contribution < -0.4 is 16.0 Å². The topological polar surface area (TPSA) is 87.3 Å². The molecule has 0 unspecified atom stereocenters. The summed E-state index contributed by atoms with van der Waals surface area (Å²) in [7, 11) is 1.49. The van der Waals surface area contributed by atoms with Gasteiger partial charge in [-0.05, 0) is 6.42 Å². The van der Waals surface area contributed by atoms with Crippen LogP contribution in [0.3, 0.4) is 0 Å². The molecule has 16 heavy (non-hydrogen) atoms. The molecule has 0 aliphatic carbocycles. The number of hydrogen-bond acceptors (Lipinski definition) is 3. The minimum Gasteiger partial charge on any atom is -0.358 e. The monoisotopic (exact) mass is 229 g/mol. The van der Waals surface area contributed by atoms with Crippen molar-refractivity contribution < 1.29 is 14.4 Å². The van der Waals surface area contributed by atoms with E-state index in [1.807, 2.05) is 6.92 Å². The van der Waals surface area contributed by atoms with Gasteiger partial charge in [0.2, 0.25) is 17.7 Å². The summed E-state index contributed by atoms with van der Waals surface area (Å²) in [5.74, 6) is -0.861. The number of amides is 3. The summed E-state index contributed by atoms with van der Waals surface area (Å²) >= 11 is 0. The fraction of sp³-hybridized carbons (Fsp3) is 0.700. The summed E-state index contributed by atoms with van der Waals surface area (Å²) in [6, 6.07) is -0.563. The van der Waals surface area contributed by atoms with Crippen LogP contribution in [0.15, 0.2) is 0 Å². The van der Waals surface area contributed by atoms with Crippen LogP contribution >= 0.6 is 0 Å². The molecule has 0 aliphatic rings. The largest absolute Gasteiger partial charge is 0.358 e. The molecule has 0 saturated heterocycles. The molecule has 6 nitrogen and oxygen atoms in total. The number of likely N-dealkylation sites (N-methyl/N-ethyl adjacent to an activating group) is 1. The highest BCUT2D eigenvalue weighted by Gasteiger charge is 2.18. The summed E-state index contributed by atoms with van der Waals surface area (Å²) in [6.07, 6.45) is 1.33. The van der Waals surface area contributed by atoms with Crippen LogP contribution in [0.1, 0.15) is 26.7 Å². The molecule has 3 N–H and O–H groups in total. The molecule has 0 saturated carbocycles. The van der Waals surface area contributed by atoms with Gasteiger partial charge in [0.25, 0.3) is 0 Å². The molecular weight excluding hydrogens is 210 g/mol. The molecule has 92 valence electrons. The van der Waals surface area contributed by atoms with E-state index in [2.05, 4.69) is 16.0 Å². The Morgan fingerprint density at radius 3 is 2.31 bits per heavy atom. The van der Waals surface area contributed by atoms with Crippen molar-refractivity contribution in [3.63, 3.8) is 0 Å². The Bertz CT molecular complexity index is 266. The molecular formula is C10H19N3O3. The van der Waals surface area contributed by atoms with Crippen molar-refractivity contribution in [2.75, 3.05) is 13.6 Å². The number of hydrogen-bond donors (Lipinski definition) is 3. The molecule has 0 aromatic carbocycles. The van der Waals surface area contributed by atoms with E-state index in [4.69, 9.17) is 0 Å². The van der Waals surface area contributed by atoms with Gasteiger partial charge in [0.15, 0.2) is 0 Å². The minimum absolute atomic E-state index is 0.0743. The lowest BCUT2D eigenvalue weighted by atomic mass is 10.1. The Labute approximate surface area is 95.2 Å². The molecule has 0 spiro atoms. The predicted octanol–water partition coefficient (Wildman–Crippen LogP) is -0.847. The van der Waals surface area contributed by atoms with Crippen LogP contribution in [0.25, 0.3) is 0 Å². The van der Waals surface area contributed by atoms with Gasteiger partial charge in [0.1, 0.15) is 6.04 Å². The average molecular weight is 229 g/mol. The number of carbonyl (C=O) groups excluding carboxylic acids is 3. The second-order valence-corrected chi connectivity index (χ2v) is 3.43. The highest BCUT2D eigenvalue weighted by atomic mass is 16.2. The number of carbonyl (C=O) groups is 3. The summed E-state index contributed by atoms with van der Waals surface area (Å²) in [4.78, 5) is 33.3. The maximum Gasteiger partial charge on any atom is 0.243 e. The summed E-state index contributed by atoms with van der Waals surface area (Å²) < 4.78 is 0. The van der Waals surface area contributed by atoms with Gasteiger partial charge in [-0.2, -0.15) is 0 Å². The summed E-state index contributed by atoms with van der Waals surface area (Å²) in [5.41, 5.74) is 0. The summed E-state index contributed by atoms with van der Waals surface area (Å²) in [6.45, 7) is 3.20. The molecule has 0 heterocycles. The van der Waals surface area contributed by atoms with E-state index in [1.54, 1.807) is 0 Å². The zero-order chi connectivity index (χ0) is 12.6. The molecule has 0 aliphatic heterocycles. The number of rotatable bonds is 6. The Balaban J connectivity index is 4.16. The number of nitrogens with one attached hydrogen (secondary N) is 3. The van der Waals surface area contributed by atoms with Crippen LogP contribution in [0.5, 0.6) is 0 Å². The van der Waals surface area contributed by atoms with Gasteiger partial charge in [-0.3, -0.25) is 14.4 Å². The lowest BCUT2D eigenvalue weighted by molar-refractivity contribution is -0.129. The normalized spacial score (nSPS) is 11.4. The van der Waals surface area contributed by atoms with Crippen LogP contribution in [0, 0.1) is 0 Å². The standard InChI is InChI=1S/C10H19N3O3/c1-4-5-8(13-7(2)14)10(16)12-6-9(15)11-3/h8H,4-6H2,1-3H3,(H,11,15)(H,12,16)(H,13,14)/t8-/m0/s1. The van der Waals surface area contributed by atoms with E-state index >= 15 is 0 Å². The van der Waals surface area contributed by atoms with E-state index in [0.29, 0.717) is 6.42 Å². The average Bonchev–Trinajstić information content (AvgIpc) is 2.24. The van der Waals surface area contributed by atoms with Crippen LogP contribution in [-0.4, -0.2) is 37.4 Å². The van der Waals surface area contributed by atoms with Crippen molar-refractivity contribution in [1.82, 2.24) is 16.0 Å². The van der Waals surface area contributed by atoms with Gasteiger partial charge in [0.05, 0.1) is 6.54 Å². The van der Waals surface area contributed by atoms with Crippen LogP contribution in [0.2, 0.25) is 0 Å². The van der Waals surface area contributed by atoms with Gasteiger partial charge >= 0.3 is 0 Å². The first-order valence-corrected chi connectivity index (χ1v) is 5.26. The molecule has 0 aromatic rings. The van der Waals surface area contributed by atoms with E-state index in [-0.39, 0.29) is 24.3 Å². The molecule has 0 bridgehead atoms. The lowest BCUT2D eigenvalue weighted by Crippen LogP contribution is -2.48. The minimum atomic E-state index is -0.563. The Morgan fingerprint density at radius 1 is 1.25 bits per heavy atom. The van der Waals surface area contributed by atoms with Gasteiger partial charge in [-0.15, -0.1) is 0 Å². The molecule has 0 aromatic heterocycles. The first-order valence-electron chi connectivity index (χ1n) is 5.26. The predicted molar refractivity (Wildman–Crippen MR) is 59.6 cm³/mol. The third kappa shape index (κ3) is 6.00.